The Morgan fingerprint density at radius 2 is 1.89 bits per heavy atom. The van der Waals surface area contributed by atoms with Gasteiger partial charge in [-0.2, -0.15) is 0 Å². The van der Waals surface area contributed by atoms with Crippen LogP contribution in [0.3, 0.4) is 0 Å². The van der Waals surface area contributed by atoms with Gasteiger partial charge < -0.3 is 14.6 Å². The molecule has 0 saturated carbocycles. The summed E-state index contributed by atoms with van der Waals surface area (Å²) in [5.41, 5.74) is -0.0238. The number of hydrogen-bond acceptors (Lipinski definition) is 6. The molecule has 5 nitrogen and oxygen atoms in total. The summed E-state index contributed by atoms with van der Waals surface area (Å²) < 4.78 is 27.1. The molecule has 1 aliphatic rings. The zero-order valence-corrected chi connectivity index (χ0v) is 20.2. The molecule has 3 aromatic carbocycles. The first-order chi connectivity index (χ1) is 17.0. The van der Waals surface area contributed by atoms with Crippen molar-refractivity contribution in [2.24, 2.45) is 5.92 Å². The molecule has 1 aliphatic heterocycles. The number of fused-ring (bicyclic) bond motifs is 1. The average molecular weight is 492 g/mol. The van der Waals surface area contributed by atoms with Crippen LogP contribution < -0.4 is 9.47 Å². The summed E-state index contributed by atoms with van der Waals surface area (Å²) in [4.78, 5) is 15.9. The molecule has 1 saturated heterocycles. The van der Waals surface area contributed by atoms with Crippen molar-refractivity contribution in [2.45, 2.75) is 13.3 Å². The fraction of sp³-hybridized carbons (Fsp3) is 0.250. The van der Waals surface area contributed by atoms with Crippen LogP contribution >= 0.6 is 11.3 Å². The fourth-order valence-corrected chi connectivity index (χ4v) is 5.44. The van der Waals surface area contributed by atoms with Gasteiger partial charge in [-0.1, -0.05) is 19.1 Å². The summed E-state index contributed by atoms with van der Waals surface area (Å²) in [6.07, 6.45) is 1.24. The molecule has 4 aromatic rings. The Balaban J connectivity index is 1.36. The van der Waals surface area contributed by atoms with E-state index in [1.807, 2.05) is 12.1 Å². The van der Waals surface area contributed by atoms with Gasteiger partial charge in [-0.25, -0.2) is 4.39 Å². The Bertz CT molecular complexity index is 1350. The van der Waals surface area contributed by atoms with Gasteiger partial charge in [0.1, 0.15) is 34.5 Å². The van der Waals surface area contributed by atoms with Gasteiger partial charge in [0, 0.05) is 23.2 Å². The summed E-state index contributed by atoms with van der Waals surface area (Å²) in [7, 11) is 0. The number of carbonyl (C=O) groups excluding carboxylic acids is 1. The lowest BCUT2D eigenvalue weighted by atomic mass is 10.1. The van der Waals surface area contributed by atoms with Crippen LogP contribution in [-0.2, 0) is 0 Å². The van der Waals surface area contributed by atoms with Gasteiger partial charge in [-0.05, 0) is 73.5 Å². The molecule has 7 heteroatoms. The van der Waals surface area contributed by atoms with Gasteiger partial charge in [-0.15, -0.1) is 11.3 Å². The minimum Gasteiger partial charge on any atom is -0.508 e. The Kier molecular flexibility index (Phi) is 6.70. The van der Waals surface area contributed by atoms with E-state index in [1.165, 1.54) is 24.6 Å². The number of aromatic hydroxyl groups is 1. The zero-order chi connectivity index (χ0) is 24.4. The van der Waals surface area contributed by atoms with E-state index in [-0.39, 0.29) is 16.2 Å². The van der Waals surface area contributed by atoms with E-state index in [9.17, 15) is 14.3 Å². The highest BCUT2D eigenvalue weighted by Crippen LogP contribution is 2.43. The van der Waals surface area contributed by atoms with E-state index in [2.05, 4.69) is 11.8 Å². The molecule has 0 spiro atoms. The van der Waals surface area contributed by atoms with Crippen LogP contribution in [0.1, 0.15) is 28.6 Å². The van der Waals surface area contributed by atoms with Gasteiger partial charge in [0.15, 0.2) is 5.75 Å². The SMILES string of the molecule is C[C@H]1CCN(CCOc2ccc(Oc3c(C(=O)c4ccccc4F)sc4cc(O)ccc34)cc2)C1. The van der Waals surface area contributed by atoms with Crippen molar-refractivity contribution >= 4 is 27.2 Å². The third-order valence-electron chi connectivity index (χ3n) is 6.18. The standard InChI is InChI=1S/C28H26FNO4S/c1-18-12-13-30(17-18)14-15-33-20-7-9-21(10-8-20)34-27-23-11-6-19(31)16-25(23)35-28(27)26(32)22-4-2-3-5-24(22)29/h2-11,16,18,31H,12-15,17H2,1H3/t18-/m0/s1. The van der Waals surface area contributed by atoms with Crippen LogP contribution in [0.25, 0.3) is 10.1 Å². The number of thiophene rings is 1. The van der Waals surface area contributed by atoms with Crippen molar-refractivity contribution in [1.29, 1.82) is 0 Å². The van der Waals surface area contributed by atoms with Gasteiger partial charge in [0.05, 0.1) is 5.56 Å². The lowest BCUT2D eigenvalue weighted by Crippen LogP contribution is -2.25. The number of phenolic OH excluding ortho intramolecular Hbond substituents is 1. The summed E-state index contributed by atoms with van der Waals surface area (Å²) in [6.45, 7) is 6.03. The van der Waals surface area contributed by atoms with Crippen LogP contribution in [0, 0.1) is 11.7 Å². The van der Waals surface area contributed by atoms with Crippen molar-refractivity contribution in [3.63, 3.8) is 0 Å². The van der Waals surface area contributed by atoms with E-state index in [0.717, 1.165) is 42.6 Å². The molecule has 1 atom stereocenters. The summed E-state index contributed by atoms with van der Waals surface area (Å²) in [6, 6.07) is 17.9. The molecular formula is C28H26FNO4S. The van der Waals surface area contributed by atoms with Crippen molar-refractivity contribution in [2.75, 3.05) is 26.2 Å². The molecule has 180 valence electrons. The number of likely N-dealkylation sites (tertiary alicyclic amines) is 1. The molecule has 35 heavy (non-hydrogen) atoms. The molecule has 0 bridgehead atoms. The molecule has 1 aromatic heterocycles. The Labute approximate surface area is 207 Å². The van der Waals surface area contributed by atoms with Gasteiger partial charge >= 0.3 is 0 Å². The quantitative estimate of drug-likeness (QED) is 0.286. The second-order valence-corrected chi connectivity index (χ2v) is 9.92. The van der Waals surface area contributed by atoms with Crippen LogP contribution in [0.5, 0.6) is 23.0 Å². The molecule has 1 N–H and O–H groups in total. The fourth-order valence-electron chi connectivity index (χ4n) is 4.32. The maximum atomic E-state index is 14.4. The highest BCUT2D eigenvalue weighted by Gasteiger charge is 2.24. The second-order valence-electron chi connectivity index (χ2n) is 8.87. The first kappa shape index (κ1) is 23.3. The van der Waals surface area contributed by atoms with Crippen molar-refractivity contribution in [1.82, 2.24) is 4.90 Å². The average Bonchev–Trinajstić information content (AvgIpc) is 3.43. The number of benzene rings is 3. The van der Waals surface area contributed by atoms with Crippen molar-refractivity contribution < 1.29 is 23.8 Å². The van der Waals surface area contributed by atoms with Gasteiger partial charge in [0.2, 0.25) is 5.78 Å². The maximum absolute atomic E-state index is 14.4. The normalized spacial score (nSPS) is 16.0. The van der Waals surface area contributed by atoms with Crippen LogP contribution in [0.2, 0.25) is 0 Å². The number of phenols is 1. The van der Waals surface area contributed by atoms with Crippen LogP contribution in [0.4, 0.5) is 4.39 Å². The van der Waals surface area contributed by atoms with Gasteiger partial charge in [0.25, 0.3) is 0 Å². The second kappa shape index (κ2) is 10.1. The number of nitrogens with zero attached hydrogens (tertiary/aromatic N) is 1. The highest BCUT2D eigenvalue weighted by atomic mass is 32.1. The molecule has 2 heterocycles. The topological polar surface area (TPSA) is 59.0 Å². The largest absolute Gasteiger partial charge is 0.508 e. The van der Waals surface area contributed by atoms with E-state index < -0.39 is 11.6 Å². The van der Waals surface area contributed by atoms with Crippen LogP contribution in [-0.4, -0.2) is 42.0 Å². The monoisotopic (exact) mass is 491 g/mol. The Morgan fingerprint density at radius 1 is 1.11 bits per heavy atom. The lowest BCUT2D eigenvalue weighted by Gasteiger charge is -2.15. The highest BCUT2D eigenvalue weighted by molar-refractivity contribution is 7.21. The minimum atomic E-state index is -0.589. The van der Waals surface area contributed by atoms with E-state index in [4.69, 9.17) is 9.47 Å². The van der Waals surface area contributed by atoms with E-state index in [1.54, 1.807) is 36.4 Å². The smallest absolute Gasteiger partial charge is 0.209 e. The number of carbonyl (C=O) groups is 1. The third-order valence-corrected chi connectivity index (χ3v) is 7.31. The van der Waals surface area contributed by atoms with Crippen molar-refractivity contribution in [3.05, 3.63) is 83.0 Å². The summed E-state index contributed by atoms with van der Waals surface area (Å²) >= 11 is 1.16. The molecule has 0 unspecified atom stereocenters. The number of ketones is 1. The number of rotatable bonds is 8. The molecule has 1 fully saturated rings. The Hall–Kier alpha value is -3.42. The van der Waals surface area contributed by atoms with Gasteiger partial charge in [-0.3, -0.25) is 9.69 Å². The predicted molar refractivity (Wildman–Crippen MR) is 136 cm³/mol. The lowest BCUT2D eigenvalue weighted by molar-refractivity contribution is 0.103. The van der Waals surface area contributed by atoms with Crippen molar-refractivity contribution in [3.8, 4) is 23.0 Å². The first-order valence-electron chi connectivity index (χ1n) is 11.7. The number of hydrogen-bond donors (Lipinski definition) is 1. The van der Waals surface area contributed by atoms with Crippen LogP contribution in [0.15, 0.2) is 66.7 Å². The number of ether oxygens (including phenoxy) is 2. The predicted octanol–water partition coefficient (Wildman–Crippen LogP) is 6.49. The minimum absolute atomic E-state index is 0.0238. The first-order valence-corrected chi connectivity index (χ1v) is 12.5. The van der Waals surface area contributed by atoms with E-state index in [0.29, 0.717) is 28.2 Å². The summed E-state index contributed by atoms with van der Waals surface area (Å²) in [5.74, 6) is 1.39. The van der Waals surface area contributed by atoms with E-state index >= 15 is 0 Å². The molecule has 0 aliphatic carbocycles. The maximum Gasteiger partial charge on any atom is 0.209 e. The molecule has 5 rings (SSSR count). The molecular weight excluding hydrogens is 465 g/mol. The Morgan fingerprint density at radius 3 is 2.63 bits per heavy atom. The number of halogens is 1. The summed E-state index contributed by atoms with van der Waals surface area (Å²) in [5, 5.41) is 10.6. The molecule has 0 amide bonds. The zero-order valence-electron chi connectivity index (χ0n) is 19.4. The molecule has 0 radical (unpaired) electrons. The third kappa shape index (κ3) is 5.16.